The number of para-hydroxylation sites is 2. The highest BCUT2D eigenvalue weighted by Crippen LogP contribution is 2.48. The van der Waals surface area contributed by atoms with E-state index in [4.69, 9.17) is 9.26 Å². The van der Waals surface area contributed by atoms with Crippen LogP contribution in [0.1, 0.15) is 50.4 Å². The number of aliphatic hydroxyl groups is 1. The molecular weight excluding hydrogens is 374 g/mol. The van der Waals surface area contributed by atoms with Gasteiger partial charge in [0.15, 0.2) is 6.04 Å². The van der Waals surface area contributed by atoms with Gasteiger partial charge in [0.2, 0.25) is 5.82 Å². The third-order valence-electron chi connectivity index (χ3n) is 6.33. The Hall–Kier alpha value is -2.78. The summed E-state index contributed by atoms with van der Waals surface area (Å²) in [5, 5.41) is 14.2. The van der Waals surface area contributed by atoms with Crippen molar-refractivity contribution in [1.82, 2.24) is 10.1 Å². The van der Waals surface area contributed by atoms with Crippen molar-refractivity contribution in [3.63, 3.8) is 0 Å². The zero-order chi connectivity index (χ0) is 19.8. The Labute approximate surface area is 167 Å². The Morgan fingerprint density at radius 2 is 2.00 bits per heavy atom. The number of rotatable bonds is 3. The third kappa shape index (κ3) is 2.34. The molecule has 1 aromatic heterocycles. The number of carbonyl (C=O) groups excluding carboxylic acids is 1. The zero-order valence-corrected chi connectivity index (χ0v) is 16.0. The first-order valence-corrected chi connectivity index (χ1v) is 9.95. The Kier molecular flexibility index (Phi) is 3.33. The molecule has 1 saturated heterocycles. The second-order valence-electron chi connectivity index (χ2n) is 8.34. The SMILES string of the molecule is CC1(N2C(=O)C3C(c4nc(C5(O)CC5)no4)N=CN3c3ccccc32)CCCO1. The first-order chi connectivity index (χ1) is 14.0. The lowest BCUT2D eigenvalue weighted by Crippen LogP contribution is -2.60. The topological polar surface area (TPSA) is 104 Å². The summed E-state index contributed by atoms with van der Waals surface area (Å²) >= 11 is 0. The molecule has 1 aliphatic carbocycles. The number of amides is 1. The average molecular weight is 395 g/mol. The second kappa shape index (κ2) is 5.64. The van der Waals surface area contributed by atoms with Crippen molar-refractivity contribution in [1.29, 1.82) is 0 Å². The second-order valence-corrected chi connectivity index (χ2v) is 8.34. The van der Waals surface area contributed by atoms with Gasteiger partial charge in [-0.2, -0.15) is 4.98 Å². The first-order valence-electron chi connectivity index (χ1n) is 9.95. The lowest BCUT2D eigenvalue weighted by atomic mass is 9.97. The Bertz CT molecular complexity index is 1020. The van der Waals surface area contributed by atoms with E-state index in [0.29, 0.717) is 19.4 Å². The largest absolute Gasteiger partial charge is 0.382 e. The molecule has 9 heteroatoms. The lowest BCUT2D eigenvalue weighted by molar-refractivity contribution is -0.125. The van der Waals surface area contributed by atoms with Gasteiger partial charge in [-0.3, -0.25) is 14.7 Å². The smallest absolute Gasteiger partial charge is 0.255 e. The summed E-state index contributed by atoms with van der Waals surface area (Å²) in [6.07, 6.45) is 4.57. The van der Waals surface area contributed by atoms with Crippen LogP contribution in [0.15, 0.2) is 33.8 Å². The molecule has 6 rings (SSSR count). The van der Waals surface area contributed by atoms with Gasteiger partial charge < -0.3 is 19.3 Å². The number of anilines is 2. The summed E-state index contributed by atoms with van der Waals surface area (Å²) in [5.74, 6) is 0.405. The maximum Gasteiger partial charge on any atom is 0.255 e. The van der Waals surface area contributed by atoms with E-state index in [2.05, 4.69) is 15.1 Å². The molecule has 9 nitrogen and oxygen atoms in total. The van der Waals surface area contributed by atoms with Crippen LogP contribution in [0.4, 0.5) is 11.4 Å². The minimum Gasteiger partial charge on any atom is -0.382 e. The third-order valence-corrected chi connectivity index (χ3v) is 6.33. The molecule has 3 atom stereocenters. The quantitative estimate of drug-likeness (QED) is 0.846. The summed E-state index contributed by atoms with van der Waals surface area (Å²) in [6.45, 7) is 2.59. The fourth-order valence-corrected chi connectivity index (χ4v) is 4.55. The van der Waals surface area contributed by atoms with Crippen molar-refractivity contribution in [3.8, 4) is 0 Å². The summed E-state index contributed by atoms with van der Waals surface area (Å²) in [6, 6.07) is 6.50. The van der Waals surface area contributed by atoms with Crippen LogP contribution in [0.5, 0.6) is 0 Å². The van der Waals surface area contributed by atoms with E-state index in [0.717, 1.165) is 24.2 Å². The molecule has 3 aliphatic heterocycles. The van der Waals surface area contributed by atoms with Crippen molar-refractivity contribution in [2.24, 2.45) is 4.99 Å². The number of carbonyl (C=O) groups is 1. The highest BCUT2D eigenvalue weighted by Gasteiger charge is 2.54. The monoisotopic (exact) mass is 395 g/mol. The molecular formula is C20H21N5O4. The number of aromatic nitrogens is 2. The number of ether oxygens (including phenoxy) is 1. The number of fused-ring (bicyclic) bond motifs is 3. The minimum absolute atomic E-state index is 0.111. The van der Waals surface area contributed by atoms with E-state index in [-0.39, 0.29) is 17.6 Å². The summed E-state index contributed by atoms with van der Waals surface area (Å²) in [4.78, 5) is 26.3. The van der Waals surface area contributed by atoms with E-state index < -0.39 is 23.4 Å². The van der Waals surface area contributed by atoms with Crippen LogP contribution in [0.25, 0.3) is 0 Å². The molecule has 1 aromatic carbocycles. The van der Waals surface area contributed by atoms with Gasteiger partial charge >= 0.3 is 0 Å². The lowest BCUT2D eigenvalue weighted by Gasteiger charge is -2.45. The maximum atomic E-state index is 13.7. The van der Waals surface area contributed by atoms with Crippen LogP contribution in [-0.4, -0.2) is 45.9 Å². The number of benzene rings is 1. The normalized spacial score (nSPS) is 31.9. The predicted octanol–water partition coefficient (Wildman–Crippen LogP) is 1.88. The molecule has 3 unspecified atom stereocenters. The number of aliphatic imine (C=N–C) groups is 1. The minimum atomic E-state index is -0.996. The zero-order valence-electron chi connectivity index (χ0n) is 16.0. The van der Waals surface area contributed by atoms with Gasteiger partial charge in [0.05, 0.1) is 17.7 Å². The van der Waals surface area contributed by atoms with Crippen LogP contribution < -0.4 is 9.80 Å². The molecule has 1 N–H and O–H groups in total. The van der Waals surface area contributed by atoms with Gasteiger partial charge in [0.25, 0.3) is 11.8 Å². The predicted molar refractivity (Wildman–Crippen MR) is 102 cm³/mol. The molecule has 0 spiro atoms. The highest BCUT2D eigenvalue weighted by atomic mass is 16.5. The van der Waals surface area contributed by atoms with Crippen LogP contribution >= 0.6 is 0 Å². The van der Waals surface area contributed by atoms with Gasteiger partial charge in [0, 0.05) is 6.61 Å². The van der Waals surface area contributed by atoms with E-state index in [1.54, 1.807) is 11.2 Å². The fourth-order valence-electron chi connectivity index (χ4n) is 4.55. The molecule has 29 heavy (non-hydrogen) atoms. The molecule has 2 fully saturated rings. The van der Waals surface area contributed by atoms with Crippen LogP contribution in [0.3, 0.4) is 0 Å². The van der Waals surface area contributed by atoms with E-state index in [9.17, 15) is 9.90 Å². The van der Waals surface area contributed by atoms with E-state index >= 15 is 0 Å². The summed E-state index contributed by atoms with van der Waals surface area (Å²) in [5.41, 5.74) is 0.00379. The maximum absolute atomic E-state index is 13.7. The molecule has 4 aliphatic rings. The summed E-state index contributed by atoms with van der Waals surface area (Å²) < 4.78 is 11.4. The molecule has 2 aromatic rings. The molecule has 0 bridgehead atoms. The Morgan fingerprint density at radius 3 is 2.72 bits per heavy atom. The van der Waals surface area contributed by atoms with E-state index in [1.165, 1.54) is 0 Å². The van der Waals surface area contributed by atoms with Crippen LogP contribution in [0, 0.1) is 0 Å². The molecule has 1 amide bonds. The van der Waals surface area contributed by atoms with Crippen LogP contribution in [-0.2, 0) is 15.1 Å². The van der Waals surface area contributed by atoms with Crippen molar-refractivity contribution >= 4 is 23.6 Å². The molecule has 150 valence electrons. The Morgan fingerprint density at radius 1 is 1.21 bits per heavy atom. The molecule has 1 saturated carbocycles. The van der Waals surface area contributed by atoms with Gasteiger partial charge in [-0.05, 0) is 44.7 Å². The van der Waals surface area contributed by atoms with Gasteiger partial charge in [0.1, 0.15) is 17.4 Å². The highest BCUT2D eigenvalue weighted by molar-refractivity contribution is 6.12. The number of hydrogen-bond acceptors (Lipinski definition) is 8. The number of hydrogen-bond donors (Lipinski definition) is 1. The Balaban J connectivity index is 1.43. The molecule has 0 radical (unpaired) electrons. The van der Waals surface area contributed by atoms with Gasteiger partial charge in [-0.25, -0.2) is 0 Å². The van der Waals surface area contributed by atoms with Crippen molar-refractivity contribution in [2.45, 2.75) is 56.0 Å². The van der Waals surface area contributed by atoms with Crippen LogP contribution in [0.2, 0.25) is 0 Å². The van der Waals surface area contributed by atoms with Gasteiger partial charge in [-0.15, -0.1) is 0 Å². The van der Waals surface area contributed by atoms with Crippen molar-refractivity contribution < 1.29 is 19.2 Å². The fraction of sp³-hybridized carbons (Fsp3) is 0.500. The van der Waals surface area contributed by atoms with Gasteiger partial charge in [-0.1, -0.05) is 17.3 Å². The average Bonchev–Trinajstić information content (AvgIpc) is 3.16. The standard InChI is InChI=1S/C20H21N5O4/c1-19(7-4-10-28-19)25-13-6-3-2-5-12(13)24-11-21-14(15(24)17(25)26)16-22-18(23-29-16)20(27)8-9-20/h2-3,5-6,11,14-15,27H,4,7-10H2,1H3. The van der Waals surface area contributed by atoms with Crippen molar-refractivity contribution in [3.05, 3.63) is 36.0 Å². The number of nitrogens with zero attached hydrogens (tertiary/aromatic N) is 5. The van der Waals surface area contributed by atoms with Crippen molar-refractivity contribution in [2.75, 3.05) is 16.4 Å². The molecule has 4 heterocycles. The van der Waals surface area contributed by atoms with E-state index in [1.807, 2.05) is 36.1 Å². The first kappa shape index (κ1) is 17.1. The summed E-state index contributed by atoms with van der Waals surface area (Å²) in [7, 11) is 0.